The van der Waals surface area contributed by atoms with Gasteiger partial charge in [0.1, 0.15) is 18.7 Å². The molecule has 8 heteroatoms. The molecule has 0 saturated carbocycles. The topological polar surface area (TPSA) is 77.1 Å². The van der Waals surface area contributed by atoms with Gasteiger partial charge in [-0.05, 0) is 33.9 Å². The second kappa shape index (κ2) is 8.55. The van der Waals surface area contributed by atoms with E-state index in [2.05, 4.69) is 4.72 Å². The van der Waals surface area contributed by atoms with Crippen molar-refractivity contribution in [2.75, 3.05) is 26.7 Å². The molecule has 1 aliphatic heterocycles. The van der Waals surface area contributed by atoms with Crippen LogP contribution >= 0.6 is 12.1 Å². The normalized spacial score (nSPS) is 14.8. The maximum atomic E-state index is 12.0. The fraction of sp³-hybridized carbons (Fsp3) is 0.529. The van der Waals surface area contributed by atoms with Crippen molar-refractivity contribution in [3.63, 3.8) is 0 Å². The van der Waals surface area contributed by atoms with Crippen LogP contribution in [0.15, 0.2) is 18.2 Å². The third-order valence-electron chi connectivity index (χ3n) is 3.37. The lowest BCUT2D eigenvalue weighted by Gasteiger charge is -2.18. The fourth-order valence-corrected chi connectivity index (χ4v) is 3.02. The molecular weight excluding hydrogens is 344 g/mol. The molecule has 0 saturated heterocycles. The van der Waals surface area contributed by atoms with E-state index in [9.17, 15) is 9.59 Å². The van der Waals surface area contributed by atoms with Crippen molar-refractivity contribution < 1.29 is 23.8 Å². The SMILES string of the molecule is CCOC(=O)CN(C)SNCC(=O)Oc1cccc2c1OC(C)(C)C2. The van der Waals surface area contributed by atoms with Crippen molar-refractivity contribution in [3.05, 3.63) is 23.8 Å². The zero-order valence-corrected chi connectivity index (χ0v) is 15.8. The minimum absolute atomic E-state index is 0.00904. The van der Waals surface area contributed by atoms with Crippen LogP contribution < -0.4 is 14.2 Å². The Kier molecular flexibility index (Phi) is 6.69. The second-order valence-corrected chi connectivity index (χ2v) is 7.36. The highest BCUT2D eigenvalue weighted by atomic mass is 32.2. The van der Waals surface area contributed by atoms with E-state index >= 15 is 0 Å². The van der Waals surface area contributed by atoms with Crippen LogP contribution in [0.2, 0.25) is 0 Å². The smallest absolute Gasteiger partial charge is 0.326 e. The van der Waals surface area contributed by atoms with E-state index in [1.54, 1.807) is 24.3 Å². The Balaban J connectivity index is 1.79. The summed E-state index contributed by atoms with van der Waals surface area (Å²) in [6.07, 6.45) is 0.778. The summed E-state index contributed by atoms with van der Waals surface area (Å²) >= 11 is 1.15. The Labute approximate surface area is 152 Å². The maximum absolute atomic E-state index is 12.0. The van der Waals surface area contributed by atoms with Crippen molar-refractivity contribution >= 4 is 24.1 Å². The van der Waals surface area contributed by atoms with Gasteiger partial charge >= 0.3 is 11.9 Å². The summed E-state index contributed by atoms with van der Waals surface area (Å²) in [6, 6.07) is 5.54. The van der Waals surface area contributed by atoms with Gasteiger partial charge in [0.15, 0.2) is 11.5 Å². The van der Waals surface area contributed by atoms with Gasteiger partial charge in [-0.2, -0.15) is 0 Å². The van der Waals surface area contributed by atoms with E-state index in [-0.39, 0.29) is 24.7 Å². The van der Waals surface area contributed by atoms with Gasteiger partial charge in [-0.3, -0.25) is 9.59 Å². The third-order valence-corrected chi connectivity index (χ3v) is 4.09. The lowest BCUT2D eigenvalue weighted by atomic mass is 10.0. The molecule has 1 N–H and O–H groups in total. The van der Waals surface area contributed by atoms with E-state index in [1.165, 1.54) is 0 Å². The molecule has 0 fully saturated rings. The highest BCUT2D eigenvalue weighted by Crippen LogP contribution is 2.41. The van der Waals surface area contributed by atoms with E-state index in [0.29, 0.717) is 18.1 Å². The molecule has 0 amide bonds. The molecule has 1 aliphatic rings. The summed E-state index contributed by atoms with van der Waals surface area (Å²) in [5.74, 6) is 0.313. The summed E-state index contributed by atoms with van der Waals surface area (Å²) in [5, 5.41) is 0. The molecule has 7 nitrogen and oxygen atoms in total. The van der Waals surface area contributed by atoms with Gasteiger partial charge in [0.25, 0.3) is 0 Å². The molecule has 138 valence electrons. The Morgan fingerprint density at radius 1 is 1.36 bits per heavy atom. The number of carbonyl (C=O) groups is 2. The average molecular weight is 368 g/mol. The van der Waals surface area contributed by atoms with Gasteiger partial charge in [-0.1, -0.05) is 12.1 Å². The van der Waals surface area contributed by atoms with Gasteiger partial charge in [0.05, 0.1) is 6.61 Å². The summed E-state index contributed by atoms with van der Waals surface area (Å²) < 4.78 is 20.6. The van der Waals surface area contributed by atoms with E-state index in [1.807, 2.05) is 26.0 Å². The molecule has 0 radical (unpaired) electrons. The lowest BCUT2D eigenvalue weighted by Crippen LogP contribution is -2.29. The molecule has 0 aromatic heterocycles. The minimum atomic E-state index is -0.432. The molecule has 0 unspecified atom stereocenters. The average Bonchev–Trinajstić information content (AvgIpc) is 2.82. The number of esters is 2. The number of likely N-dealkylation sites (N-methyl/N-ethyl adjacent to an activating group) is 1. The molecule has 0 atom stereocenters. The molecule has 0 aliphatic carbocycles. The van der Waals surface area contributed by atoms with Crippen molar-refractivity contribution in [2.24, 2.45) is 0 Å². The highest BCUT2D eigenvalue weighted by molar-refractivity contribution is 7.95. The van der Waals surface area contributed by atoms with Crippen LogP contribution in [-0.4, -0.2) is 48.6 Å². The minimum Gasteiger partial charge on any atom is -0.483 e. The lowest BCUT2D eigenvalue weighted by molar-refractivity contribution is -0.143. The van der Waals surface area contributed by atoms with Crippen LogP contribution in [0.3, 0.4) is 0 Å². The van der Waals surface area contributed by atoms with Crippen molar-refractivity contribution in [1.82, 2.24) is 9.03 Å². The van der Waals surface area contributed by atoms with Gasteiger partial charge in [0, 0.05) is 24.1 Å². The maximum Gasteiger partial charge on any atom is 0.326 e. The highest BCUT2D eigenvalue weighted by Gasteiger charge is 2.32. The summed E-state index contributed by atoms with van der Waals surface area (Å²) in [5.41, 5.74) is 0.737. The van der Waals surface area contributed by atoms with E-state index in [0.717, 1.165) is 24.1 Å². The molecular formula is C17H24N2O5S. The third kappa shape index (κ3) is 5.91. The number of nitrogens with one attached hydrogen (secondary N) is 1. The number of carbonyl (C=O) groups excluding carboxylic acids is 2. The standard InChI is InChI=1S/C17H24N2O5S/c1-5-22-15(21)11-19(4)25-18-10-14(20)23-13-8-6-7-12-9-17(2,3)24-16(12)13/h6-8,18H,5,9-11H2,1-4H3. The van der Waals surface area contributed by atoms with Crippen molar-refractivity contribution in [1.29, 1.82) is 0 Å². The van der Waals surface area contributed by atoms with Crippen LogP contribution in [-0.2, 0) is 20.7 Å². The first-order valence-corrected chi connectivity index (χ1v) is 8.86. The van der Waals surface area contributed by atoms with Crippen LogP contribution in [0.5, 0.6) is 11.5 Å². The largest absolute Gasteiger partial charge is 0.483 e. The Bertz CT molecular complexity index is 635. The first kappa shape index (κ1) is 19.6. The quantitative estimate of drug-likeness (QED) is 0.424. The number of rotatable bonds is 8. The second-order valence-electron chi connectivity index (χ2n) is 6.26. The molecule has 0 spiro atoms. The number of ether oxygens (including phenoxy) is 3. The molecule has 1 heterocycles. The fourth-order valence-electron chi connectivity index (χ4n) is 2.45. The van der Waals surface area contributed by atoms with Gasteiger partial charge < -0.3 is 14.2 Å². The Morgan fingerprint density at radius 2 is 2.12 bits per heavy atom. The van der Waals surface area contributed by atoms with Crippen LogP contribution in [0.25, 0.3) is 0 Å². The van der Waals surface area contributed by atoms with Crippen LogP contribution in [0, 0.1) is 0 Å². The summed E-state index contributed by atoms with van der Waals surface area (Å²) in [6.45, 7) is 6.20. The molecule has 1 aromatic carbocycles. The number of benzene rings is 1. The zero-order chi connectivity index (χ0) is 18.4. The zero-order valence-electron chi connectivity index (χ0n) is 15.0. The number of fused-ring (bicyclic) bond motifs is 1. The number of hydrogen-bond donors (Lipinski definition) is 1. The molecule has 0 bridgehead atoms. The predicted molar refractivity (Wildman–Crippen MR) is 95.3 cm³/mol. The van der Waals surface area contributed by atoms with Gasteiger partial charge in [-0.25, -0.2) is 9.03 Å². The number of hydrogen-bond acceptors (Lipinski definition) is 8. The van der Waals surface area contributed by atoms with Crippen molar-refractivity contribution in [2.45, 2.75) is 32.8 Å². The first-order valence-electron chi connectivity index (χ1n) is 8.09. The van der Waals surface area contributed by atoms with E-state index < -0.39 is 5.97 Å². The number of nitrogens with zero attached hydrogens (tertiary/aromatic N) is 1. The van der Waals surface area contributed by atoms with Crippen LogP contribution in [0.1, 0.15) is 26.3 Å². The van der Waals surface area contributed by atoms with Crippen molar-refractivity contribution in [3.8, 4) is 11.5 Å². The summed E-state index contributed by atoms with van der Waals surface area (Å²) in [4.78, 5) is 23.4. The van der Waals surface area contributed by atoms with Gasteiger partial charge in [-0.15, -0.1) is 0 Å². The molecule has 25 heavy (non-hydrogen) atoms. The van der Waals surface area contributed by atoms with Gasteiger partial charge in [0.2, 0.25) is 0 Å². The Morgan fingerprint density at radius 3 is 2.84 bits per heavy atom. The molecule has 1 aromatic rings. The predicted octanol–water partition coefficient (Wildman–Crippen LogP) is 1.95. The Hall–Kier alpha value is -1.77. The molecule has 2 rings (SSSR count). The first-order chi connectivity index (χ1) is 11.8. The van der Waals surface area contributed by atoms with Crippen LogP contribution in [0.4, 0.5) is 0 Å². The monoisotopic (exact) mass is 368 g/mol. The van der Waals surface area contributed by atoms with E-state index in [4.69, 9.17) is 14.2 Å². The summed E-state index contributed by atoms with van der Waals surface area (Å²) in [7, 11) is 1.72. The number of para-hydroxylation sites is 1.